The summed E-state index contributed by atoms with van der Waals surface area (Å²) in [4.78, 5) is 19.6. The number of rotatable bonds is 7. The highest BCUT2D eigenvalue weighted by molar-refractivity contribution is 5.71. The lowest BCUT2D eigenvalue weighted by molar-refractivity contribution is -0.147. The highest BCUT2D eigenvalue weighted by Crippen LogP contribution is 2.05. The topological polar surface area (TPSA) is 115 Å². The fourth-order valence-electron chi connectivity index (χ4n) is 0.888. The van der Waals surface area contributed by atoms with Crippen LogP contribution in [0.4, 0.5) is 0 Å². The maximum atomic E-state index is 10.1. The molecule has 0 fully saturated rings. The second-order valence-electron chi connectivity index (χ2n) is 3.72. The van der Waals surface area contributed by atoms with E-state index in [1.165, 1.54) is 6.92 Å². The summed E-state index contributed by atoms with van der Waals surface area (Å²) in [6.45, 7) is 3.29. The van der Waals surface area contributed by atoms with E-state index < -0.39 is 24.1 Å². The van der Waals surface area contributed by atoms with Gasteiger partial charge in [0.1, 0.15) is 6.10 Å². The van der Waals surface area contributed by atoms with Crippen molar-refractivity contribution in [1.82, 2.24) is 0 Å². The fourth-order valence-corrected chi connectivity index (χ4v) is 0.888. The third-order valence-corrected chi connectivity index (χ3v) is 1.97. The van der Waals surface area contributed by atoms with Gasteiger partial charge < -0.3 is 20.4 Å². The lowest BCUT2D eigenvalue weighted by Gasteiger charge is -2.03. The zero-order chi connectivity index (χ0) is 13.8. The summed E-state index contributed by atoms with van der Waals surface area (Å²) in [5, 5.41) is 32.9. The quantitative estimate of drug-likeness (QED) is 0.498. The third kappa shape index (κ3) is 14.9. The van der Waals surface area contributed by atoms with Gasteiger partial charge >= 0.3 is 11.9 Å². The number of aliphatic hydroxyl groups is 2. The monoisotopic (exact) mass is 250 g/mol. The van der Waals surface area contributed by atoms with Gasteiger partial charge in [-0.3, -0.25) is 0 Å². The first-order valence-electron chi connectivity index (χ1n) is 5.64. The van der Waals surface area contributed by atoms with Gasteiger partial charge in [0.05, 0.1) is 0 Å². The molecule has 0 spiro atoms. The van der Waals surface area contributed by atoms with E-state index in [1.54, 1.807) is 0 Å². The van der Waals surface area contributed by atoms with Crippen molar-refractivity contribution in [1.29, 1.82) is 0 Å². The molecule has 2 unspecified atom stereocenters. The first kappa shape index (κ1) is 18.2. The van der Waals surface area contributed by atoms with Crippen molar-refractivity contribution in [3.05, 3.63) is 0 Å². The number of carbonyl (C=O) groups is 2. The van der Waals surface area contributed by atoms with Crippen LogP contribution in [0.15, 0.2) is 0 Å². The van der Waals surface area contributed by atoms with Crippen molar-refractivity contribution in [2.24, 2.45) is 0 Å². The number of hydrogen-bond acceptors (Lipinski definition) is 4. The van der Waals surface area contributed by atoms with E-state index >= 15 is 0 Å². The summed E-state index contributed by atoms with van der Waals surface area (Å²) in [7, 11) is 0. The van der Waals surface area contributed by atoms with Crippen LogP contribution in [0, 0.1) is 0 Å². The van der Waals surface area contributed by atoms with Crippen LogP contribution in [0.25, 0.3) is 0 Å². The van der Waals surface area contributed by atoms with Crippen LogP contribution >= 0.6 is 0 Å². The second kappa shape index (κ2) is 11.3. The molecule has 0 saturated carbocycles. The van der Waals surface area contributed by atoms with Gasteiger partial charge in [-0.05, 0) is 13.3 Å². The van der Waals surface area contributed by atoms with Gasteiger partial charge in [-0.2, -0.15) is 0 Å². The predicted molar refractivity (Wildman–Crippen MR) is 61.7 cm³/mol. The van der Waals surface area contributed by atoms with Crippen molar-refractivity contribution in [2.45, 2.75) is 58.2 Å². The molecule has 0 aliphatic rings. The van der Waals surface area contributed by atoms with E-state index in [1.807, 2.05) is 0 Å². The Kier molecular flexibility index (Phi) is 12.2. The van der Waals surface area contributed by atoms with Gasteiger partial charge in [-0.25, -0.2) is 9.59 Å². The minimum atomic E-state index is -1.23. The largest absolute Gasteiger partial charge is 0.479 e. The van der Waals surface area contributed by atoms with E-state index in [-0.39, 0.29) is 0 Å². The lowest BCUT2D eigenvalue weighted by Crippen LogP contribution is -2.18. The van der Waals surface area contributed by atoms with Gasteiger partial charge in [-0.1, -0.05) is 32.6 Å². The molecule has 4 N–H and O–H groups in total. The first-order chi connectivity index (χ1) is 7.82. The fraction of sp³-hybridized carbons (Fsp3) is 0.818. The number of carboxylic acids is 2. The van der Waals surface area contributed by atoms with E-state index in [0.29, 0.717) is 6.42 Å². The van der Waals surface area contributed by atoms with Crippen LogP contribution in [0.3, 0.4) is 0 Å². The van der Waals surface area contributed by atoms with Crippen molar-refractivity contribution < 1.29 is 30.0 Å². The normalized spacial score (nSPS) is 13.2. The number of aliphatic hydroxyl groups excluding tert-OH is 2. The van der Waals surface area contributed by atoms with Crippen molar-refractivity contribution in [2.75, 3.05) is 0 Å². The molecular formula is C11H22O6. The Labute approximate surface area is 101 Å². The molecule has 102 valence electrons. The van der Waals surface area contributed by atoms with Crippen LogP contribution in [0.1, 0.15) is 46.0 Å². The van der Waals surface area contributed by atoms with E-state index in [4.69, 9.17) is 20.4 Å². The Bertz CT molecular complexity index is 214. The number of aliphatic carboxylic acids is 2. The molecule has 0 heterocycles. The van der Waals surface area contributed by atoms with Crippen LogP contribution in [-0.2, 0) is 9.59 Å². The van der Waals surface area contributed by atoms with Crippen LogP contribution in [0.5, 0.6) is 0 Å². The summed E-state index contributed by atoms with van der Waals surface area (Å²) >= 11 is 0. The van der Waals surface area contributed by atoms with Crippen LogP contribution in [-0.4, -0.2) is 44.6 Å². The maximum absolute atomic E-state index is 10.1. The van der Waals surface area contributed by atoms with E-state index in [9.17, 15) is 9.59 Å². The molecule has 0 saturated heterocycles. The molecule has 0 aromatic carbocycles. The maximum Gasteiger partial charge on any atom is 0.332 e. The van der Waals surface area contributed by atoms with Gasteiger partial charge in [0.2, 0.25) is 0 Å². The SMILES string of the molecule is CC(O)C(=O)O.CCCCCCC(O)C(=O)O. The van der Waals surface area contributed by atoms with Gasteiger partial charge in [0.25, 0.3) is 0 Å². The van der Waals surface area contributed by atoms with Crippen molar-refractivity contribution in [3.8, 4) is 0 Å². The molecule has 2 atom stereocenters. The Morgan fingerprint density at radius 1 is 1.00 bits per heavy atom. The van der Waals surface area contributed by atoms with E-state index in [2.05, 4.69) is 6.92 Å². The summed E-state index contributed by atoms with van der Waals surface area (Å²) in [6, 6.07) is 0. The zero-order valence-electron chi connectivity index (χ0n) is 10.3. The first-order valence-corrected chi connectivity index (χ1v) is 5.64. The average Bonchev–Trinajstić information content (AvgIpc) is 2.24. The minimum Gasteiger partial charge on any atom is -0.479 e. The van der Waals surface area contributed by atoms with Crippen molar-refractivity contribution in [3.63, 3.8) is 0 Å². The zero-order valence-corrected chi connectivity index (χ0v) is 10.3. The standard InChI is InChI=1S/C8H16O3.C3H6O3/c1-2-3-4-5-6-7(9)8(10)11;1-2(4)3(5)6/h7,9H,2-6H2,1H3,(H,10,11);2,4H,1H3,(H,5,6). The lowest BCUT2D eigenvalue weighted by atomic mass is 10.1. The molecule has 17 heavy (non-hydrogen) atoms. The molecular weight excluding hydrogens is 228 g/mol. The molecule has 0 amide bonds. The van der Waals surface area contributed by atoms with Gasteiger partial charge in [0.15, 0.2) is 6.10 Å². The Hall–Kier alpha value is -1.14. The third-order valence-electron chi connectivity index (χ3n) is 1.97. The van der Waals surface area contributed by atoms with E-state index in [0.717, 1.165) is 25.7 Å². The molecule has 6 nitrogen and oxygen atoms in total. The van der Waals surface area contributed by atoms with Gasteiger partial charge in [0, 0.05) is 0 Å². The predicted octanol–water partition coefficient (Wildman–Crippen LogP) is 0.854. The number of hydrogen-bond donors (Lipinski definition) is 4. The molecule has 0 rings (SSSR count). The molecule has 0 aliphatic carbocycles. The summed E-state index contributed by atoms with van der Waals surface area (Å²) in [6.07, 6.45) is 2.06. The summed E-state index contributed by atoms with van der Waals surface area (Å²) in [5.41, 5.74) is 0. The number of unbranched alkanes of at least 4 members (excludes halogenated alkanes) is 3. The number of carboxylic acid groups (broad SMARTS) is 2. The van der Waals surface area contributed by atoms with Crippen LogP contribution < -0.4 is 0 Å². The van der Waals surface area contributed by atoms with Crippen molar-refractivity contribution >= 4 is 11.9 Å². The Morgan fingerprint density at radius 3 is 1.76 bits per heavy atom. The minimum absolute atomic E-state index is 0.384. The molecule has 0 bridgehead atoms. The van der Waals surface area contributed by atoms with Gasteiger partial charge in [-0.15, -0.1) is 0 Å². The molecule has 6 heteroatoms. The smallest absolute Gasteiger partial charge is 0.332 e. The highest BCUT2D eigenvalue weighted by Gasteiger charge is 2.11. The molecule has 0 radical (unpaired) electrons. The summed E-state index contributed by atoms with van der Waals surface area (Å²) < 4.78 is 0. The Balaban J connectivity index is 0. The average molecular weight is 250 g/mol. The molecule has 0 aromatic rings. The highest BCUT2D eigenvalue weighted by atomic mass is 16.4. The Morgan fingerprint density at radius 2 is 1.47 bits per heavy atom. The molecule has 0 aromatic heterocycles. The summed E-state index contributed by atoms with van der Waals surface area (Å²) in [5.74, 6) is -2.29. The molecule has 0 aliphatic heterocycles. The second-order valence-corrected chi connectivity index (χ2v) is 3.72. The van der Waals surface area contributed by atoms with Crippen LogP contribution in [0.2, 0.25) is 0 Å².